The highest BCUT2D eigenvalue weighted by Crippen LogP contribution is 2.69. The number of Topliss-reactive ketones (excluding diaryl/α,β-unsaturated/α-hetero) is 1. The molecule has 4 aliphatic rings. The standard InChI is InChI=1S/C29H40ClN3O2/c1-4-29-15-14-27(2,35)16-18(29)8-9-19-20-10-11-22(28(20,3)13-12-21(19)29)25(34)17-33-24-7-5-6-23(30)26(24)31-32-33/h5-7,18-22,35H,4,8-17H2,1-3H3/t18-,19-,20-,21-,22+,27+,28-,29-/m0/s1. The molecule has 1 aromatic heterocycles. The summed E-state index contributed by atoms with van der Waals surface area (Å²) in [5, 5.41) is 19.9. The molecule has 0 aliphatic heterocycles. The maximum Gasteiger partial charge on any atom is 0.157 e. The second kappa shape index (κ2) is 8.28. The van der Waals surface area contributed by atoms with Crippen LogP contribution in [0.2, 0.25) is 5.02 Å². The molecule has 0 spiro atoms. The third-order valence-electron chi connectivity index (χ3n) is 11.5. The van der Waals surface area contributed by atoms with Gasteiger partial charge in [0, 0.05) is 5.92 Å². The van der Waals surface area contributed by atoms with Crippen molar-refractivity contribution in [1.29, 1.82) is 0 Å². The fourth-order valence-electron chi connectivity index (χ4n) is 9.81. The Hall–Kier alpha value is -1.46. The zero-order chi connectivity index (χ0) is 24.6. The van der Waals surface area contributed by atoms with Gasteiger partial charge in [-0.25, -0.2) is 4.68 Å². The van der Waals surface area contributed by atoms with Crippen molar-refractivity contribution < 1.29 is 9.90 Å². The predicted octanol–water partition coefficient (Wildman–Crippen LogP) is 6.45. The minimum atomic E-state index is -0.486. The summed E-state index contributed by atoms with van der Waals surface area (Å²) in [6, 6.07) is 5.66. The lowest BCUT2D eigenvalue weighted by molar-refractivity contribution is -0.158. The number of carbonyl (C=O) groups is 1. The summed E-state index contributed by atoms with van der Waals surface area (Å²) in [6.07, 6.45) is 11.5. The summed E-state index contributed by atoms with van der Waals surface area (Å²) in [7, 11) is 0. The first-order valence-electron chi connectivity index (χ1n) is 13.9. The molecule has 5 nitrogen and oxygen atoms in total. The van der Waals surface area contributed by atoms with Gasteiger partial charge in [0.15, 0.2) is 5.78 Å². The first kappa shape index (κ1) is 23.9. The lowest BCUT2D eigenvalue weighted by Gasteiger charge is -2.63. The first-order chi connectivity index (χ1) is 16.7. The van der Waals surface area contributed by atoms with Gasteiger partial charge in [0.1, 0.15) is 12.1 Å². The Morgan fingerprint density at radius 2 is 1.94 bits per heavy atom. The summed E-state index contributed by atoms with van der Waals surface area (Å²) in [6.45, 7) is 7.17. The van der Waals surface area contributed by atoms with Crippen LogP contribution in [0.1, 0.15) is 85.0 Å². The van der Waals surface area contributed by atoms with Gasteiger partial charge in [0.2, 0.25) is 0 Å². The number of benzene rings is 1. The summed E-state index contributed by atoms with van der Waals surface area (Å²) in [5.41, 5.74) is 1.51. The van der Waals surface area contributed by atoms with Crippen LogP contribution in [0.15, 0.2) is 18.2 Å². The van der Waals surface area contributed by atoms with Gasteiger partial charge >= 0.3 is 0 Å². The molecule has 4 fully saturated rings. The van der Waals surface area contributed by atoms with Crippen LogP contribution in [0.5, 0.6) is 0 Å². The Bertz CT molecular complexity index is 1140. The second-order valence-corrected chi connectivity index (χ2v) is 13.3. The van der Waals surface area contributed by atoms with Crippen molar-refractivity contribution in [3.63, 3.8) is 0 Å². The maximum absolute atomic E-state index is 13.7. The van der Waals surface area contributed by atoms with Crippen LogP contribution < -0.4 is 0 Å². The van der Waals surface area contributed by atoms with Crippen LogP contribution in [0.25, 0.3) is 11.0 Å². The van der Waals surface area contributed by atoms with E-state index in [1.165, 1.54) is 38.5 Å². The number of rotatable bonds is 4. The van der Waals surface area contributed by atoms with E-state index in [0.29, 0.717) is 33.6 Å². The normalized spacial score (nSPS) is 42.9. The van der Waals surface area contributed by atoms with E-state index in [0.717, 1.165) is 43.0 Å². The van der Waals surface area contributed by atoms with Gasteiger partial charge in [-0.3, -0.25) is 4.79 Å². The van der Waals surface area contributed by atoms with Crippen LogP contribution in [0.4, 0.5) is 0 Å². The Kier molecular flexibility index (Phi) is 5.65. The van der Waals surface area contributed by atoms with Gasteiger partial charge in [-0.05, 0) is 118 Å². The Balaban J connectivity index is 1.23. The number of nitrogens with zero attached hydrogens (tertiary/aromatic N) is 3. The number of aromatic nitrogens is 3. The Labute approximate surface area is 214 Å². The zero-order valence-corrected chi connectivity index (χ0v) is 22.2. The van der Waals surface area contributed by atoms with E-state index in [9.17, 15) is 9.90 Å². The molecule has 1 N–H and O–H groups in total. The van der Waals surface area contributed by atoms with Crippen LogP contribution in [-0.4, -0.2) is 31.5 Å². The Morgan fingerprint density at radius 3 is 2.74 bits per heavy atom. The molecule has 0 bridgehead atoms. The van der Waals surface area contributed by atoms with Crippen molar-refractivity contribution in [2.45, 2.75) is 97.1 Å². The molecule has 4 aliphatic carbocycles. The summed E-state index contributed by atoms with van der Waals surface area (Å²) < 4.78 is 1.75. The van der Waals surface area contributed by atoms with Gasteiger partial charge in [0.05, 0.1) is 16.1 Å². The van der Waals surface area contributed by atoms with Crippen LogP contribution in [0.3, 0.4) is 0 Å². The molecular formula is C29H40ClN3O2. The number of fused-ring (bicyclic) bond motifs is 6. The van der Waals surface area contributed by atoms with Gasteiger partial charge in [-0.1, -0.05) is 36.7 Å². The highest BCUT2D eigenvalue weighted by atomic mass is 35.5. The molecule has 190 valence electrons. The minimum absolute atomic E-state index is 0.0915. The Morgan fingerprint density at radius 1 is 1.11 bits per heavy atom. The SMILES string of the molecule is CC[C@]12CC[C@@](C)(O)C[C@@H]1CC[C@H]1[C@@H]3CC[C@H](C(=O)Cn4nnc5c(Cl)cccc54)[C@@]3(C)CC[C@@H]12. The van der Waals surface area contributed by atoms with Gasteiger partial charge in [-0.15, -0.1) is 5.10 Å². The van der Waals surface area contributed by atoms with Gasteiger partial charge in [-0.2, -0.15) is 0 Å². The number of halogens is 1. The van der Waals surface area contributed by atoms with Crippen LogP contribution in [0, 0.1) is 40.4 Å². The molecule has 1 heterocycles. The average molecular weight is 498 g/mol. The third kappa shape index (κ3) is 3.54. The molecular weight excluding hydrogens is 458 g/mol. The van der Waals surface area contributed by atoms with E-state index in [1.807, 2.05) is 18.2 Å². The number of ketones is 1. The molecule has 6 heteroatoms. The average Bonchev–Trinajstić information content (AvgIpc) is 3.40. The largest absolute Gasteiger partial charge is 0.390 e. The zero-order valence-electron chi connectivity index (χ0n) is 21.5. The molecule has 1 aromatic carbocycles. The van der Waals surface area contributed by atoms with E-state index in [4.69, 9.17) is 11.6 Å². The highest BCUT2D eigenvalue weighted by molar-refractivity contribution is 6.34. The quantitative estimate of drug-likeness (QED) is 0.526. The smallest absolute Gasteiger partial charge is 0.157 e. The molecule has 6 rings (SSSR count). The summed E-state index contributed by atoms with van der Waals surface area (Å²) in [4.78, 5) is 13.7. The molecule has 0 radical (unpaired) electrons. The molecule has 4 saturated carbocycles. The fourth-order valence-corrected chi connectivity index (χ4v) is 10.0. The fraction of sp³-hybridized carbons (Fsp3) is 0.759. The summed E-state index contributed by atoms with van der Waals surface area (Å²) in [5.74, 6) is 3.21. The monoisotopic (exact) mass is 497 g/mol. The minimum Gasteiger partial charge on any atom is -0.390 e. The number of hydrogen-bond acceptors (Lipinski definition) is 4. The van der Waals surface area contributed by atoms with Crippen molar-refractivity contribution in [2.24, 2.45) is 40.4 Å². The summed E-state index contributed by atoms with van der Waals surface area (Å²) >= 11 is 6.28. The third-order valence-corrected chi connectivity index (χ3v) is 11.8. The van der Waals surface area contributed by atoms with E-state index >= 15 is 0 Å². The lowest BCUT2D eigenvalue weighted by atomic mass is 9.42. The van der Waals surface area contributed by atoms with E-state index in [-0.39, 0.29) is 17.9 Å². The number of hydrogen-bond donors (Lipinski definition) is 1. The van der Waals surface area contributed by atoms with Crippen molar-refractivity contribution in [1.82, 2.24) is 15.0 Å². The number of aliphatic hydroxyl groups is 1. The van der Waals surface area contributed by atoms with E-state index in [2.05, 4.69) is 31.1 Å². The van der Waals surface area contributed by atoms with Crippen LogP contribution >= 0.6 is 11.6 Å². The molecule has 0 unspecified atom stereocenters. The van der Waals surface area contributed by atoms with Crippen LogP contribution in [-0.2, 0) is 11.3 Å². The maximum atomic E-state index is 13.7. The molecule has 8 atom stereocenters. The molecule has 2 aromatic rings. The molecule has 0 saturated heterocycles. The first-order valence-corrected chi connectivity index (χ1v) is 14.3. The molecule has 35 heavy (non-hydrogen) atoms. The molecule has 0 amide bonds. The highest BCUT2D eigenvalue weighted by Gasteiger charge is 2.62. The lowest BCUT2D eigenvalue weighted by Crippen LogP contribution is -2.56. The van der Waals surface area contributed by atoms with Crippen molar-refractivity contribution >= 4 is 28.4 Å². The predicted molar refractivity (Wildman–Crippen MR) is 138 cm³/mol. The van der Waals surface area contributed by atoms with Crippen molar-refractivity contribution in [2.75, 3.05) is 0 Å². The van der Waals surface area contributed by atoms with Crippen molar-refractivity contribution in [3.8, 4) is 0 Å². The second-order valence-electron chi connectivity index (χ2n) is 12.9. The topological polar surface area (TPSA) is 68.0 Å². The van der Waals surface area contributed by atoms with E-state index in [1.54, 1.807) is 4.68 Å². The number of carbonyl (C=O) groups excluding carboxylic acids is 1. The van der Waals surface area contributed by atoms with Gasteiger partial charge < -0.3 is 5.11 Å². The van der Waals surface area contributed by atoms with E-state index < -0.39 is 5.60 Å². The van der Waals surface area contributed by atoms with Gasteiger partial charge in [0.25, 0.3) is 0 Å². The van der Waals surface area contributed by atoms with Crippen molar-refractivity contribution in [3.05, 3.63) is 23.2 Å².